The quantitative estimate of drug-likeness (QED) is 0.414. The number of nitrogens with one attached hydrogen (secondary N) is 2. The summed E-state index contributed by atoms with van der Waals surface area (Å²) in [5.41, 5.74) is 2.26. The molecule has 3 amide bonds. The molecule has 0 saturated carbocycles. The van der Waals surface area contributed by atoms with Crippen molar-refractivity contribution in [1.82, 2.24) is 15.2 Å². The second-order valence-electron chi connectivity index (χ2n) is 6.29. The number of nitrogens with zero attached hydrogens (tertiary/aromatic N) is 2. The van der Waals surface area contributed by atoms with Crippen molar-refractivity contribution in [1.29, 1.82) is 5.26 Å². The van der Waals surface area contributed by atoms with Crippen molar-refractivity contribution in [3.8, 4) is 6.07 Å². The first kappa shape index (κ1) is 22.9. The molecule has 1 rings (SSSR count). The molecule has 0 spiro atoms. The van der Waals surface area contributed by atoms with Crippen LogP contribution in [0.15, 0.2) is 11.6 Å². The largest absolute Gasteiger partial charge is 0.448 e. The van der Waals surface area contributed by atoms with Crippen molar-refractivity contribution < 1.29 is 23.9 Å². The Kier molecular flexibility index (Phi) is 8.41. The maximum atomic E-state index is 12.3. The number of rotatable bonds is 7. The van der Waals surface area contributed by atoms with Gasteiger partial charge in [-0.25, -0.2) is 9.59 Å². The molecule has 0 aliphatic rings. The molecule has 1 aromatic heterocycles. The molecule has 0 aliphatic heterocycles. The molecule has 0 bridgehead atoms. The molecule has 9 nitrogen and oxygen atoms in total. The minimum Gasteiger partial charge on any atom is -0.448 e. The number of carbonyl (C=O) groups excluding carboxylic acids is 3. The smallest absolute Gasteiger partial charge is 0.349 e. The van der Waals surface area contributed by atoms with Crippen molar-refractivity contribution in [3.63, 3.8) is 0 Å². The summed E-state index contributed by atoms with van der Waals surface area (Å²) in [6.45, 7) is 7.63. The first-order valence-corrected chi connectivity index (χ1v) is 8.68. The van der Waals surface area contributed by atoms with E-state index in [2.05, 4.69) is 9.88 Å². The SMILES string of the molecule is CNC(=O)NC(=O)[C@@H](C)OC(=O)/C(C#N)=C/c1cc(C)n([C@H](C)COC)c1C. The Labute approximate surface area is 164 Å². The minimum absolute atomic E-state index is 0.0815. The molecule has 152 valence electrons. The second kappa shape index (κ2) is 10.3. The first-order chi connectivity index (χ1) is 13.2. The highest BCUT2D eigenvalue weighted by Gasteiger charge is 2.22. The molecule has 1 heterocycles. The summed E-state index contributed by atoms with van der Waals surface area (Å²) in [4.78, 5) is 35.2. The molecular weight excluding hydrogens is 364 g/mol. The van der Waals surface area contributed by atoms with Gasteiger partial charge in [-0.15, -0.1) is 0 Å². The average molecular weight is 390 g/mol. The zero-order valence-electron chi connectivity index (χ0n) is 17.0. The summed E-state index contributed by atoms with van der Waals surface area (Å²) < 4.78 is 12.2. The number of hydrogen-bond donors (Lipinski definition) is 2. The van der Waals surface area contributed by atoms with E-state index in [1.807, 2.05) is 32.2 Å². The number of aryl methyl sites for hydroxylation is 1. The number of ether oxygens (including phenoxy) is 2. The van der Waals surface area contributed by atoms with Crippen LogP contribution in [0.4, 0.5) is 4.79 Å². The highest BCUT2D eigenvalue weighted by Crippen LogP contribution is 2.23. The third-order valence-corrected chi connectivity index (χ3v) is 4.13. The Morgan fingerprint density at radius 2 is 1.96 bits per heavy atom. The maximum absolute atomic E-state index is 12.3. The summed E-state index contributed by atoms with van der Waals surface area (Å²) in [7, 11) is 2.97. The molecule has 0 radical (unpaired) electrons. The van der Waals surface area contributed by atoms with Crippen LogP contribution >= 0.6 is 0 Å². The van der Waals surface area contributed by atoms with E-state index in [-0.39, 0.29) is 11.6 Å². The third-order valence-electron chi connectivity index (χ3n) is 4.13. The van der Waals surface area contributed by atoms with Crippen LogP contribution in [0.5, 0.6) is 0 Å². The van der Waals surface area contributed by atoms with Gasteiger partial charge >= 0.3 is 12.0 Å². The van der Waals surface area contributed by atoms with Crippen molar-refractivity contribution in [2.24, 2.45) is 0 Å². The van der Waals surface area contributed by atoms with Gasteiger partial charge in [0.15, 0.2) is 6.10 Å². The lowest BCUT2D eigenvalue weighted by atomic mass is 10.1. The average Bonchev–Trinajstić information content (AvgIpc) is 2.92. The maximum Gasteiger partial charge on any atom is 0.349 e. The molecular formula is C19H26N4O5. The number of nitriles is 1. The van der Waals surface area contributed by atoms with Gasteiger partial charge in [0.25, 0.3) is 5.91 Å². The number of aromatic nitrogens is 1. The Bertz CT molecular complexity index is 819. The van der Waals surface area contributed by atoms with Gasteiger partial charge in [-0.2, -0.15) is 5.26 Å². The molecule has 2 N–H and O–H groups in total. The Morgan fingerprint density at radius 3 is 2.50 bits per heavy atom. The van der Waals surface area contributed by atoms with Gasteiger partial charge in [0.2, 0.25) is 0 Å². The molecule has 1 aromatic rings. The van der Waals surface area contributed by atoms with Crippen LogP contribution in [0, 0.1) is 25.2 Å². The Balaban J connectivity index is 3.02. The number of amides is 3. The molecule has 9 heteroatoms. The van der Waals surface area contributed by atoms with Crippen LogP contribution in [0.1, 0.15) is 36.8 Å². The fourth-order valence-corrected chi connectivity index (χ4v) is 2.79. The van der Waals surface area contributed by atoms with Crippen LogP contribution in [-0.2, 0) is 19.1 Å². The highest BCUT2D eigenvalue weighted by atomic mass is 16.5. The van der Waals surface area contributed by atoms with Crippen LogP contribution in [-0.4, -0.2) is 49.3 Å². The van der Waals surface area contributed by atoms with E-state index < -0.39 is 24.0 Å². The van der Waals surface area contributed by atoms with E-state index in [0.29, 0.717) is 12.2 Å². The molecule has 28 heavy (non-hydrogen) atoms. The summed E-state index contributed by atoms with van der Waals surface area (Å²) >= 11 is 0. The predicted molar refractivity (Wildman–Crippen MR) is 102 cm³/mol. The fraction of sp³-hybridized carbons (Fsp3) is 0.474. The third kappa shape index (κ3) is 5.69. The molecule has 0 aromatic carbocycles. The monoisotopic (exact) mass is 390 g/mol. The molecule has 0 fully saturated rings. The molecule has 0 unspecified atom stereocenters. The number of methoxy groups -OCH3 is 1. The van der Waals surface area contributed by atoms with Gasteiger partial charge in [-0.05, 0) is 45.4 Å². The highest BCUT2D eigenvalue weighted by molar-refractivity contribution is 6.01. The number of urea groups is 1. The molecule has 0 saturated heterocycles. The predicted octanol–water partition coefficient (Wildman–Crippen LogP) is 1.61. The van der Waals surface area contributed by atoms with E-state index in [1.54, 1.807) is 13.2 Å². The fourth-order valence-electron chi connectivity index (χ4n) is 2.79. The number of carbonyl (C=O) groups is 3. The van der Waals surface area contributed by atoms with E-state index in [4.69, 9.17) is 9.47 Å². The van der Waals surface area contributed by atoms with Gasteiger partial charge < -0.3 is 19.4 Å². The summed E-state index contributed by atoms with van der Waals surface area (Å²) in [5.74, 6) is -1.74. The van der Waals surface area contributed by atoms with Crippen molar-refractivity contribution >= 4 is 24.0 Å². The van der Waals surface area contributed by atoms with Crippen LogP contribution in [0.3, 0.4) is 0 Å². The van der Waals surface area contributed by atoms with Gasteiger partial charge in [-0.1, -0.05) is 0 Å². The summed E-state index contributed by atoms with van der Waals surface area (Å²) in [5, 5.41) is 13.6. The minimum atomic E-state index is -1.24. The number of esters is 1. The molecule has 2 atom stereocenters. The van der Waals surface area contributed by atoms with Crippen molar-refractivity contribution in [3.05, 3.63) is 28.6 Å². The van der Waals surface area contributed by atoms with Crippen molar-refractivity contribution in [2.45, 2.75) is 39.8 Å². The standard InChI is InChI=1S/C19H26N4O5/c1-11-7-15(13(3)23(11)12(2)10-27-6)8-16(9-20)18(25)28-14(4)17(24)22-19(26)21-5/h7-8,12,14H,10H2,1-6H3,(H2,21,22,24,26)/b16-8+/t12-,14-/m1/s1. The van der Waals surface area contributed by atoms with Crippen LogP contribution in [0.25, 0.3) is 6.08 Å². The number of imide groups is 1. The van der Waals surface area contributed by atoms with E-state index in [9.17, 15) is 19.6 Å². The number of hydrogen-bond acceptors (Lipinski definition) is 6. The van der Waals surface area contributed by atoms with E-state index in [0.717, 1.165) is 11.4 Å². The summed E-state index contributed by atoms with van der Waals surface area (Å²) in [6, 6.07) is 3.01. The Hall–Kier alpha value is -3.12. The van der Waals surface area contributed by atoms with E-state index >= 15 is 0 Å². The lowest BCUT2D eigenvalue weighted by molar-refractivity contribution is -0.150. The molecule has 0 aliphatic carbocycles. The van der Waals surface area contributed by atoms with Crippen LogP contribution < -0.4 is 10.6 Å². The van der Waals surface area contributed by atoms with Gasteiger partial charge in [-0.3, -0.25) is 10.1 Å². The lowest BCUT2D eigenvalue weighted by Gasteiger charge is -2.17. The summed E-state index contributed by atoms with van der Waals surface area (Å²) in [6.07, 6.45) is 0.181. The van der Waals surface area contributed by atoms with Gasteiger partial charge in [0.1, 0.15) is 11.6 Å². The van der Waals surface area contributed by atoms with E-state index in [1.165, 1.54) is 20.0 Å². The second-order valence-corrected chi connectivity index (χ2v) is 6.29. The normalized spacial score (nSPS) is 13.2. The lowest BCUT2D eigenvalue weighted by Crippen LogP contribution is -2.43. The zero-order valence-corrected chi connectivity index (χ0v) is 17.0. The zero-order chi connectivity index (χ0) is 21.4. The topological polar surface area (TPSA) is 122 Å². The van der Waals surface area contributed by atoms with Crippen molar-refractivity contribution in [2.75, 3.05) is 20.8 Å². The van der Waals surface area contributed by atoms with Gasteiger partial charge in [0, 0.05) is 25.5 Å². The van der Waals surface area contributed by atoms with Crippen LogP contribution in [0.2, 0.25) is 0 Å². The Morgan fingerprint density at radius 1 is 1.32 bits per heavy atom. The first-order valence-electron chi connectivity index (χ1n) is 8.68. The van der Waals surface area contributed by atoms with Gasteiger partial charge in [0.05, 0.1) is 12.6 Å².